The smallest absolute Gasteiger partial charge is 0.255 e. The third kappa shape index (κ3) is 2.45. The molecule has 0 aliphatic carbocycles. The standard InChI is InChI=1S/C20H19N5O/c26-20(15-8-9-19-23-21-13-24(19)12-15)25-10-4-3-7-18(25)17-11-14-5-1-2-6-16(14)22-17/h1-2,5-6,8-9,11-13,18,22H,3-4,7,10H2. The number of fused-ring (bicyclic) bond motifs is 2. The fraction of sp³-hybridized carbons (Fsp3) is 0.250. The molecule has 4 aromatic rings. The van der Waals surface area contributed by atoms with Crippen LogP contribution in [0.2, 0.25) is 0 Å². The number of carbonyl (C=O) groups excluding carboxylic acids is 1. The van der Waals surface area contributed by atoms with Gasteiger partial charge in [0, 0.05) is 24.0 Å². The minimum Gasteiger partial charge on any atom is -0.357 e. The number of aromatic nitrogens is 4. The SMILES string of the molecule is O=C(c1ccc2nncn2c1)N1CCCCC1c1cc2ccccc2[nH]1. The van der Waals surface area contributed by atoms with Crippen molar-refractivity contribution < 1.29 is 4.79 Å². The third-order valence-corrected chi connectivity index (χ3v) is 5.21. The van der Waals surface area contributed by atoms with Gasteiger partial charge in [0.2, 0.25) is 0 Å². The molecule has 0 spiro atoms. The Hall–Kier alpha value is -3.15. The molecule has 26 heavy (non-hydrogen) atoms. The lowest BCUT2D eigenvalue weighted by Gasteiger charge is -2.35. The van der Waals surface area contributed by atoms with Crippen LogP contribution in [0.3, 0.4) is 0 Å². The molecule has 1 aromatic carbocycles. The molecule has 6 nitrogen and oxygen atoms in total. The molecular formula is C20H19N5O. The molecule has 1 aliphatic heterocycles. The molecular weight excluding hydrogens is 326 g/mol. The van der Waals surface area contributed by atoms with E-state index >= 15 is 0 Å². The van der Waals surface area contributed by atoms with E-state index in [1.807, 2.05) is 35.4 Å². The van der Waals surface area contributed by atoms with Gasteiger partial charge in [0.15, 0.2) is 5.65 Å². The van der Waals surface area contributed by atoms with Crippen molar-refractivity contribution in [2.75, 3.05) is 6.54 Å². The maximum atomic E-state index is 13.2. The van der Waals surface area contributed by atoms with E-state index in [9.17, 15) is 4.79 Å². The van der Waals surface area contributed by atoms with Crippen LogP contribution in [0.25, 0.3) is 16.6 Å². The largest absolute Gasteiger partial charge is 0.357 e. The fourth-order valence-corrected chi connectivity index (χ4v) is 3.89. The molecule has 1 aliphatic rings. The van der Waals surface area contributed by atoms with Gasteiger partial charge >= 0.3 is 0 Å². The van der Waals surface area contributed by atoms with Gasteiger partial charge in [0.05, 0.1) is 11.6 Å². The van der Waals surface area contributed by atoms with Crippen LogP contribution in [0.4, 0.5) is 0 Å². The first kappa shape index (κ1) is 15.1. The van der Waals surface area contributed by atoms with Crippen molar-refractivity contribution in [3.05, 3.63) is 66.2 Å². The summed E-state index contributed by atoms with van der Waals surface area (Å²) in [6.45, 7) is 0.777. The summed E-state index contributed by atoms with van der Waals surface area (Å²) in [5.41, 5.74) is 3.64. The Morgan fingerprint density at radius 3 is 3.00 bits per heavy atom. The Balaban J connectivity index is 1.51. The second kappa shape index (κ2) is 5.98. The molecule has 1 fully saturated rings. The first-order valence-electron chi connectivity index (χ1n) is 8.97. The van der Waals surface area contributed by atoms with Gasteiger partial charge in [0.25, 0.3) is 5.91 Å². The van der Waals surface area contributed by atoms with Crippen molar-refractivity contribution in [3.63, 3.8) is 0 Å². The average Bonchev–Trinajstić information content (AvgIpc) is 3.33. The normalized spacial score (nSPS) is 17.8. The van der Waals surface area contributed by atoms with E-state index in [0.717, 1.165) is 42.7 Å². The van der Waals surface area contributed by atoms with Gasteiger partial charge in [0.1, 0.15) is 6.33 Å². The Kier molecular flexibility index (Phi) is 3.48. The summed E-state index contributed by atoms with van der Waals surface area (Å²) in [6, 6.07) is 14.2. The van der Waals surface area contributed by atoms with Crippen LogP contribution in [-0.2, 0) is 0 Å². The fourth-order valence-electron chi connectivity index (χ4n) is 3.89. The molecule has 0 bridgehead atoms. The minimum atomic E-state index is 0.0592. The van der Waals surface area contributed by atoms with Crippen molar-refractivity contribution in [2.45, 2.75) is 25.3 Å². The number of hydrogen-bond acceptors (Lipinski definition) is 3. The molecule has 0 radical (unpaired) electrons. The van der Waals surface area contributed by atoms with Crippen molar-refractivity contribution >= 4 is 22.5 Å². The van der Waals surface area contributed by atoms with Gasteiger partial charge in [-0.3, -0.25) is 9.20 Å². The molecule has 1 N–H and O–H groups in total. The first-order valence-corrected chi connectivity index (χ1v) is 8.97. The van der Waals surface area contributed by atoms with Gasteiger partial charge in [-0.15, -0.1) is 10.2 Å². The van der Waals surface area contributed by atoms with Crippen LogP contribution in [0, 0.1) is 0 Å². The van der Waals surface area contributed by atoms with Crippen molar-refractivity contribution in [2.24, 2.45) is 0 Å². The van der Waals surface area contributed by atoms with E-state index in [1.165, 1.54) is 5.39 Å². The zero-order valence-electron chi connectivity index (χ0n) is 14.3. The topological polar surface area (TPSA) is 66.3 Å². The number of aromatic amines is 1. The summed E-state index contributed by atoms with van der Waals surface area (Å²) in [7, 11) is 0. The van der Waals surface area contributed by atoms with E-state index in [0.29, 0.717) is 5.56 Å². The lowest BCUT2D eigenvalue weighted by Crippen LogP contribution is -2.38. The molecule has 1 atom stereocenters. The molecule has 3 aromatic heterocycles. The van der Waals surface area contributed by atoms with Gasteiger partial charge in [-0.25, -0.2) is 0 Å². The second-order valence-electron chi connectivity index (χ2n) is 6.84. The predicted octanol–water partition coefficient (Wildman–Crippen LogP) is 3.58. The number of H-pyrrole nitrogens is 1. The number of pyridine rings is 1. The van der Waals surface area contributed by atoms with E-state index < -0.39 is 0 Å². The highest BCUT2D eigenvalue weighted by Crippen LogP contribution is 2.33. The Morgan fingerprint density at radius 1 is 1.15 bits per heavy atom. The molecule has 1 saturated heterocycles. The monoisotopic (exact) mass is 345 g/mol. The molecule has 1 amide bonds. The van der Waals surface area contributed by atoms with Crippen LogP contribution >= 0.6 is 0 Å². The van der Waals surface area contributed by atoms with Crippen molar-refractivity contribution in [3.8, 4) is 0 Å². The van der Waals surface area contributed by atoms with Crippen LogP contribution in [0.1, 0.15) is 41.4 Å². The summed E-state index contributed by atoms with van der Waals surface area (Å²) in [5.74, 6) is 0.0592. The maximum absolute atomic E-state index is 13.2. The Labute approximate surface area is 150 Å². The van der Waals surface area contributed by atoms with E-state index in [1.54, 1.807) is 10.7 Å². The Morgan fingerprint density at radius 2 is 2.08 bits per heavy atom. The molecule has 130 valence electrons. The summed E-state index contributed by atoms with van der Waals surface area (Å²) >= 11 is 0. The summed E-state index contributed by atoms with van der Waals surface area (Å²) in [6.07, 6.45) is 6.59. The quantitative estimate of drug-likeness (QED) is 0.604. The van der Waals surface area contributed by atoms with Crippen LogP contribution in [0.15, 0.2) is 55.0 Å². The number of rotatable bonds is 2. The minimum absolute atomic E-state index is 0.0592. The summed E-state index contributed by atoms with van der Waals surface area (Å²) < 4.78 is 1.79. The average molecular weight is 345 g/mol. The molecule has 6 heteroatoms. The lowest BCUT2D eigenvalue weighted by atomic mass is 9.98. The van der Waals surface area contributed by atoms with E-state index in [2.05, 4.69) is 33.4 Å². The number of carbonyl (C=O) groups is 1. The molecule has 0 saturated carbocycles. The first-order chi connectivity index (χ1) is 12.8. The molecule has 5 rings (SSSR count). The van der Waals surface area contributed by atoms with Crippen LogP contribution in [-0.4, -0.2) is 36.9 Å². The highest BCUT2D eigenvalue weighted by molar-refractivity contribution is 5.94. The Bertz CT molecular complexity index is 1060. The second-order valence-corrected chi connectivity index (χ2v) is 6.84. The predicted molar refractivity (Wildman–Crippen MR) is 98.9 cm³/mol. The molecule has 1 unspecified atom stereocenters. The number of para-hydroxylation sites is 1. The highest BCUT2D eigenvalue weighted by atomic mass is 16.2. The van der Waals surface area contributed by atoms with Gasteiger partial charge in [-0.05, 0) is 48.9 Å². The number of hydrogen-bond donors (Lipinski definition) is 1. The number of likely N-dealkylation sites (tertiary alicyclic amines) is 1. The van der Waals surface area contributed by atoms with Crippen molar-refractivity contribution in [1.82, 2.24) is 24.5 Å². The van der Waals surface area contributed by atoms with Crippen LogP contribution in [0.5, 0.6) is 0 Å². The number of benzene rings is 1. The number of amides is 1. The van der Waals surface area contributed by atoms with Crippen LogP contribution < -0.4 is 0 Å². The van der Waals surface area contributed by atoms with Gasteiger partial charge < -0.3 is 9.88 Å². The number of piperidine rings is 1. The number of nitrogens with one attached hydrogen (secondary N) is 1. The maximum Gasteiger partial charge on any atom is 0.255 e. The van der Waals surface area contributed by atoms with Gasteiger partial charge in [-0.1, -0.05) is 18.2 Å². The summed E-state index contributed by atoms with van der Waals surface area (Å²) in [5, 5.41) is 9.07. The zero-order chi connectivity index (χ0) is 17.5. The highest BCUT2D eigenvalue weighted by Gasteiger charge is 2.30. The van der Waals surface area contributed by atoms with Gasteiger partial charge in [-0.2, -0.15) is 0 Å². The zero-order valence-corrected chi connectivity index (χ0v) is 14.3. The molecule has 4 heterocycles. The third-order valence-electron chi connectivity index (χ3n) is 5.21. The summed E-state index contributed by atoms with van der Waals surface area (Å²) in [4.78, 5) is 18.7. The van der Waals surface area contributed by atoms with Crippen molar-refractivity contribution in [1.29, 1.82) is 0 Å². The lowest BCUT2D eigenvalue weighted by molar-refractivity contribution is 0.0606. The number of nitrogens with zero attached hydrogens (tertiary/aromatic N) is 4. The van der Waals surface area contributed by atoms with E-state index in [4.69, 9.17) is 0 Å². The van der Waals surface area contributed by atoms with E-state index in [-0.39, 0.29) is 11.9 Å².